The van der Waals surface area contributed by atoms with Gasteiger partial charge in [-0.25, -0.2) is 0 Å². The third kappa shape index (κ3) is 3.49. The monoisotopic (exact) mass is 445 g/mol. The van der Waals surface area contributed by atoms with Crippen LogP contribution in [0.2, 0.25) is 10.2 Å². The van der Waals surface area contributed by atoms with Crippen LogP contribution in [0.25, 0.3) is 10.9 Å². The standard InChI is InChI=1S/C23H25Cl2N3O2/c1-13-14-6-5-7-17(23(2,3)30)15(14)10-11-28(13)20(29)12-16-18(24)8-9-19-21(16)22(25)26-27(19)4/h5-9,13,30H,10-12H2,1-4H3. The van der Waals surface area contributed by atoms with E-state index in [2.05, 4.69) is 5.10 Å². The summed E-state index contributed by atoms with van der Waals surface area (Å²) in [7, 11) is 1.82. The Morgan fingerprint density at radius 2 is 2.00 bits per heavy atom. The molecule has 5 nitrogen and oxygen atoms in total. The number of nitrogens with zero attached hydrogens (tertiary/aromatic N) is 3. The molecule has 30 heavy (non-hydrogen) atoms. The van der Waals surface area contributed by atoms with Crippen LogP contribution in [0.5, 0.6) is 0 Å². The Hall–Kier alpha value is -2.08. The molecule has 1 amide bonds. The van der Waals surface area contributed by atoms with E-state index in [4.69, 9.17) is 23.2 Å². The second-order valence-electron chi connectivity index (χ2n) is 8.46. The van der Waals surface area contributed by atoms with Crippen LogP contribution in [0, 0.1) is 0 Å². The lowest BCUT2D eigenvalue weighted by molar-refractivity contribution is -0.133. The zero-order valence-electron chi connectivity index (χ0n) is 17.5. The van der Waals surface area contributed by atoms with Gasteiger partial charge < -0.3 is 10.0 Å². The highest BCUT2D eigenvalue weighted by atomic mass is 35.5. The molecule has 2 aromatic carbocycles. The van der Waals surface area contributed by atoms with Gasteiger partial charge in [0.1, 0.15) is 0 Å². The Balaban J connectivity index is 1.67. The van der Waals surface area contributed by atoms with Gasteiger partial charge in [0, 0.05) is 24.0 Å². The first-order chi connectivity index (χ1) is 14.1. The van der Waals surface area contributed by atoms with Crippen molar-refractivity contribution < 1.29 is 9.90 Å². The molecule has 0 aliphatic carbocycles. The zero-order chi connectivity index (χ0) is 21.8. The molecule has 3 aromatic rings. The van der Waals surface area contributed by atoms with Crippen molar-refractivity contribution in [2.75, 3.05) is 6.54 Å². The maximum atomic E-state index is 13.3. The summed E-state index contributed by atoms with van der Waals surface area (Å²) in [6.45, 7) is 6.22. The number of fused-ring (bicyclic) bond motifs is 2. The normalized spacial score (nSPS) is 16.8. The Morgan fingerprint density at radius 1 is 1.27 bits per heavy atom. The second kappa shape index (κ2) is 7.56. The molecule has 0 spiro atoms. The van der Waals surface area contributed by atoms with Gasteiger partial charge in [0.15, 0.2) is 5.15 Å². The van der Waals surface area contributed by atoms with E-state index in [1.54, 1.807) is 24.6 Å². The van der Waals surface area contributed by atoms with E-state index >= 15 is 0 Å². The number of carbonyl (C=O) groups excluding carboxylic acids is 1. The number of halogens is 2. The van der Waals surface area contributed by atoms with Gasteiger partial charge in [-0.1, -0.05) is 41.4 Å². The van der Waals surface area contributed by atoms with Crippen LogP contribution in [-0.4, -0.2) is 32.2 Å². The van der Waals surface area contributed by atoms with Crippen molar-refractivity contribution in [3.05, 3.63) is 62.8 Å². The third-order valence-corrected chi connectivity index (χ3v) is 6.69. The minimum atomic E-state index is -0.919. The lowest BCUT2D eigenvalue weighted by Gasteiger charge is -2.38. The van der Waals surface area contributed by atoms with E-state index in [1.807, 2.05) is 43.1 Å². The maximum absolute atomic E-state index is 13.3. The quantitative estimate of drug-likeness (QED) is 0.629. The third-order valence-electron chi connectivity index (χ3n) is 6.07. The first kappa shape index (κ1) is 21.2. The number of hydrogen-bond donors (Lipinski definition) is 1. The van der Waals surface area contributed by atoms with Gasteiger partial charge in [0.2, 0.25) is 5.91 Å². The Morgan fingerprint density at radius 3 is 2.70 bits per heavy atom. The van der Waals surface area contributed by atoms with Crippen molar-refractivity contribution in [1.29, 1.82) is 0 Å². The molecule has 1 aliphatic rings. The van der Waals surface area contributed by atoms with E-state index in [0.717, 1.165) is 27.6 Å². The van der Waals surface area contributed by atoms with Gasteiger partial charge in [0.25, 0.3) is 0 Å². The van der Waals surface area contributed by atoms with Crippen LogP contribution in [0.15, 0.2) is 30.3 Å². The zero-order valence-corrected chi connectivity index (χ0v) is 19.1. The van der Waals surface area contributed by atoms with Crippen molar-refractivity contribution >= 4 is 40.0 Å². The highest BCUT2D eigenvalue weighted by Gasteiger charge is 2.32. The fourth-order valence-corrected chi connectivity index (χ4v) is 5.10. The first-order valence-electron chi connectivity index (χ1n) is 10.0. The van der Waals surface area contributed by atoms with Crippen molar-refractivity contribution in [2.45, 2.75) is 45.3 Å². The maximum Gasteiger partial charge on any atom is 0.227 e. The molecule has 1 atom stereocenters. The molecule has 1 aromatic heterocycles. The highest BCUT2D eigenvalue weighted by Crippen LogP contribution is 2.37. The highest BCUT2D eigenvalue weighted by molar-refractivity contribution is 6.37. The summed E-state index contributed by atoms with van der Waals surface area (Å²) < 4.78 is 1.69. The SMILES string of the molecule is CC1c2cccc(C(C)(C)O)c2CCN1C(=O)Cc1c(Cl)ccc2c1c(Cl)nn2C. The van der Waals surface area contributed by atoms with E-state index in [1.165, 1.54) is 0 Å². The Kier molecular flexibility index (Phi) is 5.33. The summed E-state index contributed by atoms with van der Waals surface area (Å²) in [4.78, 5) is 15.2. The molecular weight excluding hydrogens is 421 g/mol. The molecule has 158 valence electrons. The van der Waals surface area contributed by atoms with E-state index in [-0.39, 0.29) is 18.4 Å². The minimum absolute atomic E-state index is 0.00358. The summed E-state index contributed by atoms with van der Waals surface area (Å²) in [5, 5.41) is 16.4. The molecule has 7 heteroatoms. The predicted octanol–water partition coefficient (Wildman–Crippen LogP) is 4.80. The molecule has 1 aliphatic heterocycles. The molecule has 4 rings (SSSR count). The van der Waals surface area contributed by atoms with Crippen molar-refractivity contribution in [2.24, 2.45) is 7.05 Å². The van der Waals surface area contributed by atoms with Crippen LogP contribution >= 0.6 is 23.2 Å². The average Bonchev–Trinajstić information content (AvgIpc) is 2.97. The van der Waals surface area contributed by atoms with Crippen molar-refractivity contribution in [3.8, 4) is 0 Å². The van der Waals surface area contributed by atoms with E-state index in [0.29, 0.717) is 28.7 Å². The first-order valence-corrected chi connectivity index (χ1v) is 10.8. The smallest absolute Gasteiger partial charge is 0.227 e. The lowest BCUT2D eigenvalue weighted by atomic mass is 9.84. The molecule has 0 saturated heterocycles. The van der Waals surface area contributed by atoms with Crippen LogP contribution in [0.4, 0.5) is 0 Å². The predicted molar refractivity (Wildman–Crippen MR) is 120 cm³/mol. The number of amides is 1. The fraction of sp³-hybridized carbons (Fsp3) is 0.391. The van der Waals surface area contributed by atoms with Crippen LogP contribution < -0.4 is 0 Å². The van der Waals surface area contributed by atoms with Gasteiger partial charge in [-0.15, -0.1) is 0 Å². The molecule has 0 fully saturated rings. The molecule has 2 heterocycles. The largest absolute Gasteiger partial charge is 0.386 e. The summed E-state index contributed by atoms with van der Waals surface area (Å²) >= 11 is 12.8. The Bertz CT molecular complexity index is 1150. The lowest BCUT2D eigenvalue weighted by Crippen LogP contribution is -2.40. The number of benzene rings is 2. The fourth-order valence-electron chi connectivity index (χ4n) is 4.55. The minimum Gasteiger partial charge on any atom is -0.386 e. The summed E-state index contributed by atoms with van der Waals surface area (Å²) in [5.41, 5.74) is 3.78. The molecule has 1 unspecified atom stereocenters. The number of carbonyl (C=O) groups is 1. The number of rotatable bonds is 3. The average molecular weight is 446 g/mol. The van der Waals surface area contributed by atoms with Gasteiger partial charge in [-0.05, 0) is 61.6 Å². The van der Waals surface area contributed by atoms with Crippen LogP contribution in [0.1, 0.15) is 49.1 Å². The van der Waals surface area contributed by atoms with Gasteiger partial charge in [-0.2, -0.15) is 5.10 Å². The number of hydrogen-bond acceptors (Lipinski definition) is 3. The van der Waals surface area contributed by atoms with Gasteiger partial charge >= 0.3 is 0 Å². The van der Waals surface area contributed by atoms with E-state index < -0.39 is 5.60 Å². The van der Waals surface area contributed by atoms with E-state index in [9.17, 15) is 9.90 Å². The van der Waals surface area contributed by atoms with Crippen molar-refractivity contribution in [3.63, 3.8) is 0 Å². The number of aromatic nitrogens is 2. The van der Waals surface area contributed by atoms with Gasteiger partial charge in [-0.3, -0.25) is 9.48 Å². The molecule has 0 saturated carbocycles. The second-order valence-corrected chi connectivity index (χ2v) is 9.22. The van der Waals surface area contributed by atoms with Crippen molar-refractivity contribution in [1.82, 2.24) is 14.7 Å². The van der Waals surface area contributed by atoms with Crippen LogP contribution in [0.3, 0.4) is 0 Å². The molecule has 0 bridgehead atoms. The molecule has 1 N–H and O–H groups in total. The number of aliphatic hydroxyl groups is 1. The molecule has 0 radical (unpaired) electrons. The van der Waals surface area contributed by atoms with Crippen LogP contribution in [-0.2, 0) is 30.3 Å². The topological polar surface area (TPSA) is 58.4 Å². The Labute approximate surface area is 186 Å². The number of aryl methyl sites for hydroxylation is 1. The summed E-state index contributed by atoms with van der Waals surface area (Å²) in [6.07, 6.45) is 0.865. The van der Waals surface area contributed by atoms with Gasteiger partial charge in [0.05, 0.1) is 23.6 Å². The summed E-state index contributed by atoms with van der Waals surface area (Å²) in [6, 6.07) is 9.51. The molecular formula is C23H25Cl2N3O2. The summed E-state index contributed by atoms with van der Waals surface area (Å²) in [5.74, 6) is -0.00358.